The first-order valence-corrected chi connectivity index (χ1v) is 11.3. The zero-order valence-electron chi connectivity index (χ0n) is 18.2. The van der Waals surface area contributed by atoms with Crippen molar-refractivity contribution in [1.82, 2.24) is 19.5 Å². The predicted octanol–water partition coefficient (Wildman–Crippen LogP) is 0.141. The molecule has 4 N–H and O–H groups in total. The van der Waals surface area contributed by atoms with Crippen molar-refractivity contribution in [3.63, 3.8) is 0 Å². The number of ether oxygens (including phenoxy) is 1. The van der Waals surface area contributed by atoms with E-state index < -0.39 is 56.4 Å². The first-order chi connectivity index (χ1) is 14.7. The van der Waals surface area contributed by atoms with Crippen molar-refractivity contribution < 1.29 is 37.4 Å². The first-order valence-electron chi connectivity index (χ1n) is 9.69. The number of anilines is 1. The Kier molecular flexibility index (Phi) is 8.13. The van der Waals surface area contributed by atoms with Crippen LogP contribution in [0, 0.1) is 0 Å². The maximum Gasteiger partial charge on any atom is 0.403 e. The average molecular weight is 483 g/mol. The molecule has 1 amide bonds. The SMILES string of the molecule is CC(C)Nc1ccn(C2O[C@H](COP(=O)(O)N[C@@H](C)C(=O)N(C)C)[C@@H](O)C2(F)F)c(=O)n1. The summed E-state index contributed by atoms with van der Waals surface area (Å²) in [6.45, 7) is 4.01. The molecule has 1 saturated heterocycles. The van der Waals surface area contributed by atoms with Crippen molar-refractivity contribution in [1.29, 1.82) is 0 Å². The second kappa shape index (κ2) is 9.89. The van der Waals surface area contributed by atoms with Gasteiger partial charge in [0.05, 0.1) is 12.6 Å². The first kappa shape index (κ1) is 26.3. The summed E-state index contributed by atoms with van der Waals surface area (Å²) >= 11 is 0. The van der Waals surface area contributed by atoms with Gasteiger partial charge in [-0.1, -0.05) is 0 Å². The van der Waals surface area contributed by atoms with Crippen LogP contribution in [-0.2, 0) is 18.6 Å². The van der Waals surface area contributed by atoms with Crippen LogP contribution in [0.15, 0.2) is 17.1 Å². The summed E-state index contributed by atoms with van der Waals surface area (Å²) in [4.78, 5) is 38.7. The summed E-state index contributed by atoms with van der Waals surface area (Å²) in [6, 6.07) is 0.141. The van der Waals surface area contributed by atoms with Crippen molar-refractivity contribution in [2.75, 3.05) is 26.0 Å². The number of hydrogen-bond acceptors (Lipinski definition) is 8. The molecule has 0 aromatic carbocycles. The number of halogens is 2. The number of carbonyl (C=O) groups is 1. The van der Waals surface area contributed by atoms with Gasteiger partial charge in [-0.05, 0) is 26.8 Å². The number of aromatic nitrogens is 2. The van der Waals surface area contributed by atoms with Gasteiger partial charge >= 0.3 is 19.4 Å². The molecule has 0 aliphatic carbocycles. The van der Waals surface area contributed by atoms with E-state index in [1.807, 2.05) is 0 Å². The molecule has 1 aromatic rings. The maximum absolute atomic E-state index is 14.6. The summed E-state index contributed by atoms with van der Waals surface area (Å²) in [6.07, 6.45) is -5.34. The van der Waals surface area contributed by atoms with E-state index in [9.17, 15) is 32.9 Å². The Labute approximate surface area is 183 Å². The van der Waals surface area contributed by atoms with E-state index >= 15 is 0 Å². The molecule has 12 nitrogen and oxygen atoms in total. The van der Waals surface area contributed by atoms with E-state index in [0.717, 1.165) is 6.20 Å². The van der Waals surface area contributed by atoms with Crippen LogP contribution in [0.3, 0.4) is 0 Å². The number of hydrogen-bond donors (Lipinski definition) is 4. The van der Waals surface area contributed by atoms with Crippen LogP contribution in [0.25, 0.3) is 0 Å². The van der Waals surface area contributed by atoms with E-state index in [1.54, 1.807) is 13.8 Å². The van der Waals surface area contributed by atoms with E-state index in [2.05, 4.69) is 15.4 Å². The third-order valence-corrected chi connectivity index (χ3v) is 5.69. The molecule has 2 rings (SSSR count). The molecule has 5 atom stereocenters. The van der Waals surface area contributed by atoms with E-state index in [0.29, 0.717) is 4.57 Å². The van der Waals surface area contributed by atoms with Crippen molar-refractivity contribution in [3.05, 3.63) is 22.7 Å². The number of alkyl halides is 2. The van der Waals surface area contributed by atoms with Crippen LogP contribution >= 0.6 is 7.75 Å². The summed E-state index contributed by atoms with van der Waals surface area (Å²) in [5.41, 5.74) is -1.04. The number of carbonyl (C=O) groups excluding carboxylic acids is 1. The van der Waals surface area contributed by atoms with Gasteiger partial charge in [-0.2, -0.15) is 13.8 Å². The normalized spacial score (nSPS) is 25.4. The van der Waals surface area contributed by atoms with Gasteiger partial charge in [-0.15, -0.1) is 0 Å². The summed E-state index contributed by atoms with van der Waals surface area (Å²) in [5, 5.41) is 14.9. The topological polar surface area (TPSA) is 155 Å². The lowest BCUT2D eigenvalue weighted by molar-refractivity contribution is -0.140. The Bertz CT molecular complexity index is 929. The fourth-order valence-electron chi connectivity index (χ4n) is 2.97. The number of amides is 1. The number of rotatable bonds is 9. The van der Waals surface area contributed by atoms with Crippen molar-refractivity contribution in [2.45, 2.75) is 57.2 Å². The number of nitrogens with zero attached hydrogens (tertiary/aromatic N) is 3. The third kappa shape index (κ3) is 6.09. The van der Waals surface area contributed by atoms with Crippen LogP contribution in [0.1, 0.15) is 27.0 Å². The second-order valence-electron chi connectivity index (χ2n) is 7.85. The molecule has 2 unspecified atom stereocenters. The van der Waals surface area contributed by atoms with Gasteiger partial charge in [0, 0.05) is 26.3 Å². The van der Waals surface area contributed by atoms with Gasteiger partial charge in [-0.3, -0.25) is 13.9 Å². The van der Waals surface area contributed by atoms with Crippen LogP contribution in [0.5, 0.6) is 0 Å². The van der Waals surface area contributed by atoms with E-state index in [1.165, 1.54) is 32.0 Å². The third-order valence-electron chi connectivity index (χ3n) is 4.48. The fraction of sp³-hybridized carbons (Fsp3) is 0.706. The number of aliphatic hydroxyl groups is 1. The molecule has 0 spiro atoms. The van der Waals surface area contributed by atoms with Crippen molar-refractivity contribution in [3.8, 4) is 0 Å². The smallest absolute Gasteiger partial charge is 0.384 e. The molecule has 182 valence electrons. The highest BCUT2D eigenvalue weighted by Gasteiger charge is 2.60. The summed E-state index contributed by atoms with van der Waals surface area (Å²) in [7, 11) is -1.72. The van der Waals surface area contributed by atoms with E-state index in [-0.39, 0.29) is 11.9 Å². The van der Waals surface area contributed by atoms with E-state index in [4.69, 9.17) is 9.26 Å². The Morgan fingerprint density at radius 1 is 1.44 bits per heavy atom. The van der Waals surface area contributed by atoms with Crippen LogP contribution < -0.4 is 16.1 Å². The molecule has 1 fully saturated rings. The number of nitrogens with one attached hydrogen (secondary N) is 2. The second-order valence-corrected chi connectivity index (χ2v) is 9.40. The van der Waals surface area contributed by atoms with Gasteiger partial charge in [0.25, 0.3) is 0 Å². The van der Waals surface area contributed by atoms with Crippen molar-refractivity contribution in [2.24, 2.45) is 0 Å². The lowest BCUT2D eigenvalue weighted by atomic mass is 10.1. The number of likely N-dealkylation sites (N-methyl/N-ethyl adjacent to an activating group) is 1. The highest BCUT2D eigenvalue weighted by atomic mass is 31.2. The molecule has 1 aliphatic rings. The van der Waals surface area contributed by atoms with Gasteiger partial charge in [0.1, 0.15) is 11.9 Å². The standard InChI is InChI=1S/C17H28F2N5O7P/c1-9(2)20-12-6-7-24(16(27)21-12)15-17(18,19)13(25)11(31-15)8-30-32(28,29)22-10(3)14(26)23(4)5/h6-7,9-11,13,15,25H,8H2,1-5H3,(H,20,21,27)(H2,22,28,29)/t10-,11+,13+,15?/m0/s1. The molecular formula is C17H28F2N5O7P. The van der Waals surface area contributed by atoms with Crippen LogP contribution in [0.2, 0.25) is 0 Å². The number of aliphatic hydroxyl groups excluding tert-OH is 1. The molecule has 2 heterocycles. The molecule has 1 aromatic heterocycles. The lowest BCUT2D eigenvalue weighted by Gasteiger charge is -2.22. The minimum absolute atomic E-state index is 0.0520. The maximum atomic E-state index is 14.6. The molecule has 15 heteroatoms. The highest BCUT2D eigenvalue weighted by molar-refractivity contribution is 7.50. The Hall–Kier alpha value is -1.96. The van der Waals surface area contributed by atoms with Gasteiger partial charge in [0.2, 0.25) is 12.1 Å². The quantitative estimate of drug-likeness (QED) is 0.357. The lowest BCUT2D eigenvalue weighted by Crippen LogP contribution is -2.42. The van der Waals surface area contributed by atoms with Gasteiger partial charge < -0.3 is 25.0 Å². The Balaban J connectivity index is 2.11. The minimum Gasteiger partial charge on any atom is -0.384 e. The van der Waals surface area contributed by atoms with Gasteiger partial charge in [0.15, 0.2) is 6.10 Å². The molecule has 0 radical (unpaired) electrons. The molecule has 1 aliphatic heterocycles. The van der Waals surface area contributed by atoms with Crippen molar-refractivity contribution >= 4 is 19.5 Å². The van der Waals surface area contributed by atoms with Crippen LogP contribution in [-0.4, -0.2) is 81.3 Å². The zero-order chi connectivity index (χ0) is 24.4. The van der Waals surface area contributed by atoms with Crippen LogP contribution in [0.4, 0.5) is 14.6 Å². The largest absolute Gasteiger partial charge is 0.403 e. The average Bonchev–Trinajstić information content (AvgIpc) is 2.88. The summed E-state index contributed by atoms with van der Waals surface area (Å²) < 4.78 is 51.8. The predicted molar refractivity (Wildman–Crippen MR) is 109 cm³/mol. The zero-order valence-corrected chi connectivity index (χ0v) is 19.1. The monoisotopic (exact) mass is 483 g/mol. The molecular weight excluding hydrogens is 455 g/mol. The Morgan fingerprint density at radius 3 is 2.59 bits per heavy atom. The minimum atomic E-state index is -4.61. The van der Waals surface area contributed by atoms with Gasteiger partial charge in [-0.25, -0.2) is 14.4 Å². The fourth-order valence-corrected chi connectivity index (χ4v) is 4.00. The molecule has 0 saturated carbocycles. The highest BCUT2D eigenvalue weighted by Crippen LogP contribution is 2.44. The Morgan fingerprint density at radius 2 is 2.06 bits per heavy atom. The summed E-state index contributed by atoms with van der Waals surface area (Å²) in [5.74, 6) is -4.27. The molecule has 32 heavy (non-hydrogen) atoms. The molecule has 0 bridgehead atoms.